The van der Waals surface area contributed by atoms with Gasteiger partial charge >= 0.3 is 0 Å². The molecular weight excluding hydrogens is 199 g/mol. The van der Waals surface area contributed by atoms with Crippen LogP contribution < -0.4 is 0 Å². The molecule has 0 aliphatic rings. The van der Waals surface area contributed by atoms with E-state index >= 15 is 0 Å². The standard InChI is InChI=1S/C11H9FOS/c12-10-3-1-2-8(6-10)11(13)9-4-5-14-7-9/h1-7,11,13H/t11-/m0/s1. The van der Waals surface area contributed by atoms with Gasteiger partial charge in [-0.05, 0) is 40.1 Å². The van der Waals surface area contributed by atoms with E-state index in [4.69, 9.17) is 0 Å². The van der Waals surface area contributed by atoms with Gasteiger partial charge < -0.3 is 5.11 Å². The number of thiophene rings is 1. The summed E-state index contributed by atoms with van der Waals surface area (Å²) in [7, 11) is 0. The van der Waals surface area contributed by atoms with Gasteiger partial charge in [0.15, 0.2) is 0 Å². The lowest BCUT2D eigenvalue weighted by atomic mass is 10.0. The van der Waals surface area contributed by atoms with Gasteiger partial charge in [0.1, 0.15) is 11.9 Å². The molecule has 0 saturated heterocycles. The maximum Gasteiger partial charge on any atom is 0.123 e. The molecule has 0 radical (unpaired) electrons. The van der Waals surface area contributed by atoms with E-state index in [1.807, 2.05) is 16.8 Å². The minimum absolute atomic E-state index is 0.322. The Morgan fingerprint density at radius 3 is 2.71 bits per heavy atom. The van der Waals surface area contributed by atoms with Gasteiger partial charge in [-0.25, -0.2) is 4.39 Å². The molecule has 0 spiro atoms. The smallest absolute Gasteiger partial charge is 0.123 e. The molecule has 1 N–H and O–H groups in total. The van der Waals surface area contributed by atoms with Crippen LogP contribution in [0, 0.1) is 5.82 Å². The lowest BCUT2D eigenvalue weighted by molar-refractivity contribution is 0.220. The van der Waals surface area contributed by atoms with Crippen molar-refractivity contribution in [2.45, 2.75) is 6.10 Å². The summed E-state index contributed by atoms with van der Waals surface area (Å²) in [5.41, 5.74) is 1.39. The van der Waals surface area contributed by atoms with Gasteiger partial charge in [0.25, 0.3) is 0 Å². The number of halogens is 1. The van der Waals surface area contributed by atoms with Gasteiger partial charge in [0, 0.05) is 0 Å². The summed E-state index contributed by atoms with van der Waals surface area (Å²) in [6.45, 7) is 0. The van der Waals surface area contributed by atoms with Crippen LogP contribution in [-0.4, -0.2) is 5.11 Å². The van der Waals surface area contributed by atoms with Crippen LogP contribution in [0.5, 0.6) is 0 Å². The quantitative estimate of drug-likeness (QED) is 0.804. The Labute approximate surface area is 85.5 Å². The highest BCUT2D eigenvalue weighted by Crippen LogP contribution is 2.23. The molecule has 0 unspecified atom stereocenters. The van der Waals surface area contributed by atoms with Crippen molar-refractivity contribution in [3.63, 3.8) is 0 Å². The number of aliphatic hydroxyl groups excluding tert-OH is 1. The topological polar surface area (TPSA) is 20.2 Å². The summed E-state index contributed by atoms with van der Waals surface area (Å²) in [5.74, 6) is -0.322. The third-order valence-electron chi connectivity index (χ3n) is 2.02. The zero-order valence-electron chi connectivity index (χ0n) is 7.35. The number of aliphatic hydroxyl groups is 1. The summed E-state index contributed by atoms with van der Waals surface area (Å²) in [5, 5.41) is 13.6. The van der Waals surface area contributed by atoms with Crippen molar-refractivity contribution in [2.75, 3.05) is 0 Å². The molecule has 0 saturated carbocycles. The zero-order valence-corrected chi connectivity index (χ0v) is 8.17. The monoisotopic (exact) mass is 208 g/mol. The van der Waals surface area contributed by atoms with Crippen LogP contribution >= 0.6 is 11.3 Å². The molecule has 72 valence electrons. The van der Waals surface area contributed by atoms with Crippen molar-refractivity contribution in [3.05, 3.63) is 58.0 Å². The number of rotatable bonds is 2. The van der Waals surface area contributed by atoms with Gasteiger partial charge in [-0.15, -0.1) is 0 Å². The first-order valence-electron chi connectivity index (χ1n) is 4.23. The molecule has 0 aliphatic carbocycles. The average Bonchev–Trinajstić information content (AvgIpc) is 2.69. The highest BCUT2D eigenvalue weighted by molar-refractivity contribution is 7.07. The molecule has 1 heterocycles. The summed E-state index contributed by atoms with van der Waals surface area (Å²) in [4.78, 5) is 0. The fourth-order valence-corrected chi connectivity index (χ4v) is 1.98. The Balaban J connectivity index is 2.32. The summed E-state index contributed by atoms with van der Waals surface area (Å²) >= 11 is 1.51. The van der Waals surface area contributed by atoms with Crippen molar-refractivity contribution < 1.29 is 9.50 Å². The molecule has 0 aliphatic heterocycles. The van der Waals surface area contributed by atoms with Gasteiger partial charge in [0.05, 0.1) is 0 Å². The molecule has 1 atom stereocenters. The second kappa shape index (κ2) is 3.90. The van der Waals surface area contributed by atoms with Crippen molar-refractivity contribution in [1.29, 1.82) is 0 Å². The number of hydrogen-bond acceptors (Lipinski definition) is 2. The predicted molar refractivity (Wildman–Crippen MR) is 54.8 cm³/mol. The minimum atomic E-state index is -0.725. The first-order valence-corrected chi connectivity index (χ1v) is 5.17. The Morgan fingerprint density at radius 2 is 2.07 bits per heavy atom. The lowest BCUT2D eigenvalue weighted by Gasteiger charge is -2.08. The number of benzene rings is 1. The third-order valence-corrected chi connectivity index (χ3v) is 2.72. The van der Waals surface area contributed by atoms with Crippen LogP contribution in [0.1, 0.15) is 17.2 Å². The van der Waals surface area contributed by atoms with Crippen molar-refractivity contribution in [1.82, 2.24) is 0 Å². The molecule has 1 nitrogen and oxygen atoms in total. The van der Waals surface area contributed by atoms with Gasteiger partial charge in [-0.3, -0.25) is 0 Å². The van der Waals surface area contributed by atoms with Crippen molar-refractivity contribution in [3.8, 4) is 0 Å². The van der Waals surface area contributed by atoms with Crippen LogP contribution in [0.15, 0.2) is 41.1 Å². The van der Waals surface area contributed by atoms with Crippen molar-refractivity contribution in [2.24, 2.45) is 0 Å². The highest BCUT2D eigenvalue weighted by Gasteiger charge is 2.10. The summed E-state index contributed by atoms with van der Waals surface area (Å²) < 4.78 is 12.9. The molecule has 2 rings (SSSR count). The molecule has 0 fully saturated rings. The summed E-state index contributed by atoms with van der Waals surface area (Å²) in [6, 6.07) is 7.86. The van der Waals surface area contributed by atoms with E-state index < -0.39 is 6.10 Å². The fraction of sp³-hybridized carbons (Fsp3) is 0.0909. The Bertz CT molecular complexity index is 411. The second-order valence-corrected chi connectivity index (χ2v) is 3.79. The Hall–Kier alpha value is -1.19. The van der Waals surface area contributed by atoms with E-state index in [1.165, 1.54) is 23.5 Å². The van der Waals surface area contributed by atoms with Crippen LogP contribution in [0.2, 0.25) is 0 Å². The zero-order chi connectivity index (χ0) is 9.97. The normalized spacial score (nSPS) is 12.7. The van der Waals surface area contributed by atoms with Crippen LogP contribution in [-0.2, 0) is 0 Å². The first kappa shape index (κ1) is 9.37. The summed E-state index contributed by atoms with van der Waals surface area (Å²) in [6.07, 6.45) is -0.725. The van der Waals surface area contributed by atoms with E-state index in [9.17, 15) is 9.50 Å². The molecule has 1 aromatic carbocycles. The van der Waals surface area contributed by atoms with Gasteiger partial charge in [-0.1, -0.05) is 12.1 Å². The second-order valence-electron chi connectivity index (χ2n) is 3.01. The van der Waals surface area contributed by atoms with E-state index in [-0.39, 0.29) is 5.82 Å². The number of hydrogen-bond donors (Lipinski definition) is 1. The molecule has 0 amide bonds. The van der Waals surface area contributed by atoms with Crippen molar-refractivity contribution >= 4 is 11.3 Å². The molecule has 1 aromatic heterocycles. The molecule has 3 heteroatoms. The van der Waals surface area contributed by atoms with Gasteiger partial charge in [0.2, 0.25) is 0 Å². The highest BCUT2D eigenvalue weighted by atomic mass is 32.1. The van der Waals surface area contributed by atoms with Crippen LogP contribution in [0.3, 0.4) is 0 Å². The molecule has 0 bridgehead atoms. The third kappa shape index (κ3) is 1.84. The van der Waals surface area contributed by atoms with Crippen LogP contribution in [0.25, 0.3) is 0 Å². The average molecular weight is 208 g/mol. The minimum Gasteiger partial charge on any atom is -0.384 e. The Morgan fingerprint density at radius 1 is 1.21 bits per heavy atom. The first-order chi connectivity index (χ1) is 6.77. The van der Waals surface area contributed by atoms with Gasteiger partial charge in [-0.2, -0.15) is 11.3 Å². The van der Waals surface area contributed by atoms with E-state index in [0.717, 1.165) is 5.56 Å². The van der Waals surface area contributed by atoms with E-state index in [2.05, 4.69) is 0 Å². The maximum atomic E-state index is 12.9. The van der Waals surface area contributed by atoms with E-state index in [0.29, 0.717) is 5.56 Å². The lowest BCUT2D eigenvalue weighted by Crippen LogP contribution is -1.97. The predicted octanol–water partition coefficient (Wildman–Crippen LogP) is 2.97. The largest absolute Gasteiger partial charge is 0.384 e. The fourth-order valence-electron chi connectivity index (χ4n) is 1.30. The van der Waals surface area contributed by atoms with E-state index in [1.54, 1.807) is 12.1 Å². The molecule has 2 aromatic rings. The maximum absolute atomic E-state index is 12.9. The Kier molecular flexibility index (Phi) is 2.61. The molecule has 14 heavy (non-hydrogen) atoms. The molecular formula is C11H9FOS. The van der Waals surface area contributed by atoms with Crippen LogP contribution in [0.4, 0.5) is 4.39 Å². The SMILES string of the molecule is O[C@H](c1ccsc1)c1cccc(F)c1.